The number of rotatable bonds is 9. The minimum absolute atomic E-state index is 0.152. The van der Waals surface area contributed by atoms with Gasteiger partial charge in [-0.3, -0.25) is 9.09 Å². The van der Waals surface area contributed by atoms with Gasteiger partial charge in [0.1, 0.15) is 6.61 Å². The van der Waals surface area contributed by atoms with Crippen LogP contribution in [-0.4, -0.2) is 29.2 Å². The van der Waals surface area contributed by atoms with Crippen molar-refractivity contribution in [2.24, 2.45) is 11.7 Å². The van der Waals surface area contributed by atoms with Crippen molar-refractivity contribution in [1.82, 2.24) is 0 Å². The van der Waals surface area contributed by atoms with Gasteiger partial charge in [0.05, 0.1) is 7.11 Å². The van der Waals surface area contributed by atoms with Gasteiger partial charge in [-0.05, 0) is 29.2 Å². The Hall–Kier alpha value is -2.71. The van der Waals surface area contributed by atoms with Crippen molar-refractivity contribution in [3.8, 4) is 0 Å². The lowest BCUT2D eigenvalue weighted by Gasteiger charge is -2.35. The van der Waals surface area contributed by atoms with E-state index < -0.39 is 36.8 Å². The minimum Gasteiger partial charge on any atom is -0.467 e. The lowest BCUT2D eigenvalue weighted by Crippen LogP contribution is -2.53. The number of esters is 2. The van der Waals surface area contributed by atoms with Crippen molar-refractivity contribution in [1.29, 1.82) is 0 Å². The lowest BCUT2D eigenvalue weighted by molar-refractivity contribution is -0.153. The molecular formula is C21H27N2O7P. The molecule has 31 heavy (non-hydrogen) atoms. The van der Waals surface area contributed by atoms with Gasteiger partial charge in [-0.25, -0.2) is 9.59 Å². The molecule has 0 radical (unpaired) electrons. The summed E-state index contributed by atoms with van der Waals surface area (Å²) < 4.78 is 28.5. The van der Waals surface area contributed by atoms with Crippen LogP contribution in [0.2, 0.25) is 0 Å². The monoisotopic (exact) mass is 450 g/mol. The Morgan fingerprint density at radius 3 is 2.32 bits per heavy atom. The highest BCUT2D eigenvalue weighted by atomic mass is 31.2. The maximum atomic E-state index is 13.3. The first-order chi connectivity index (χ1) is 14.5. The first-order valence-electron chi connectivity index (χ1n) is 9.47. The number of carbonyl (C=O) groups is 2. The number of anilines is 1. The molecule has 0 spiro atoms. The van der Waals surface area contributed by atoms with Gasteiger partial charge in [0.25, 0.3) is 0 Å². The molecule has 3 unspecified atom stereocenters. The average Bonchev–Trinajstić information content (AvgIpc) is 2.75. The molecule has 9 nitrogen and oxygen atoms in total. The molecular weight excluding hydrogens is 423 g/mol. The van der Waals surface area contributed by atoms with Gasteiger partial charge in [-0.15, -0.1) is 0 Å². The summed E-state index contributed by atoms with van der Waals surface area (Å²) in [6.07, 6.45) is -1.63. The molecule has 0 amide bonds. The lowest BCUT2D eigenvalue weighted by atomic mass is 10.1. The van der Waals surface area contributed by atoms with Crippen LogP contribution in [0.5, 0.6) is 0 Å². The normalized spacial score (nSPS) is 16.1. The number of benzene rings is 2. The van der Waals surface area contributed by atoms with E-state index in [1.807, 2.05) is 0 Å². The summed E-state index contributed by atoms with van der Waals surface area (Å²) in [5.74, 6) is -2.96. The maximum absolute atomic E-state index is 13.3. The Morgan fingerprint density at radius 1 is 1.13 bits per heavy atom. The largest absolute Gasteiger partial charge is 0.467 e. The number of carbonyl (C=O) groups excluding carboxylic acids is 2. The predicted octanol–water partition coefficient (Wildman–Crippen LogP) is 2.74. The SMILES string of the molecule is COC(=O)C(OP(=O)(O)C(N)(C(=O)OCc1ccccc1)C(C)C)c1cccc(N)c1. The Labute approximate surface area is 180 Å². The van der Waals surface area contributed by atoms with Gasteiger partial charge >= 0.3 is 19.5 Å². The molecule has 0 aliphatic carbocycles. The molecule has 0 fully saturated rings. The average molecular weight is 450 g/mol. The molecule has 10 heteroatoms. The predicted molar refractivity (Wildman–Crippen MR) is 115 cm³/mol. The molecule has 0 aromatic heterocycles. The zero-order chi connectivity index (χ0) is 23.2. The molecule has 2 rings (SSSR count). The number of methoxy groups -OCH3 is 1. The van der Waals surface area contributed by atoms with Crippen LogP contribution in [0.4, 0.5) is 5.69 Å². The topological polar surface area (TPSA) is 151 Å². The zero-order valence-corrected chi connectivity index (χ0v) is 18.5. The first kappa shape index (κ1) is 24.6. The minimum atomic E-state index is -4.99. The third-order valence-corrected chi connectivity index (χ3v) is 6.90. The second-order valence-electron chi connectivity index (χ2n) is 7.24. The number of nitrogens with two attached hydrogens (primary N) is 2. The van der Waals surface area contributed by atoms with Crippen LogP contribution in [0, 0.1) is 5.92 Å². The number of ether oxygens (including phenoxy) is 2. The Bertz CT molecular complexity index is 967. The quantitative estimate of drug-likeness (QED) is 0.297. The van der Waals surface area contributed by atoms with E-state index in [0.717, 1.165) is 7.11 Å². The van der Waals surface area contributed by atoms with Crippen LogP contribution in [-0.2, 0) is 34.8 Å². The molecule has 5 N–H and O–H groups in total. The van der Waals surface area contributed by atoms with Crippen LogP contribution in [0.3, 0.4) is 0 Å². The first-order valence-corrected chi connectivity index (χ1v) is 11.0. The number of nitrogen functional groups attached to an aromatic ring is 1. The van der Waals surface area contributed by atoms with Crippen molar-refractivity contribution in [2.45, 2.75) is 31.8 Å². The molecule has 0 bridgehead atoms. The van der Waals surface area contributed by atoms with E-state index in [1.54, 1.807) is 42.5 Å². The molecule has 168 valence electrons. The van der Waals surface area contributed by atoms with Gasteiger partial charge in [0, 0.05) is 5.69 Å². The second kappa shape index (κ2) is 10.1. The van der Waals surface area contributed by atoms with Gasteiger partial charge < -0.3 is 25.8 Å². The van der Waals surface area contributed by atoms with Crippen LogP contribution in [0.25, 0.3) is 0 Å². The zero-order valence-electron chi connectivity index (χ0n) is 17.6. The highest BCUT2D eigenvalue weighted by Gasteiger charge is 2.57. The van der Waals surface area contributed by atoms with Gasteiger partial charge in [0.15, 0.2) is 6.10 Å². The third kappa shape index (κ3) is 5.51. The Morgan fingerprint density at radius 2 is 1.77 bits per heavy atom. The van der Waals surface area contributed by atoms with Gasteiger partial charge in [0.2, 0.25) is 5.28 Å². The maximum Gasteiger partial charge on any atom is 0.360 e. The van der Waals surface area contributed by atoms with Gasteiger partial charge in [-0.1, -0.05) is 56.3 Å². The van der Waals surface area contributed by atoms with E-state index in [0.29, 0.717) is 11.3 Å². The van der Waals surface area contributed by atoms with Crippen molar-refractivity contribution < 1.29 is 33.0 Å². The summed E-state index contributed by atoms with van der Waals surface area (Å²) in [5.41, 5.74) is 13.0. The summed E-state index contributed by atoms with van der Waals surface area (Å²) in [6.45, 7) is 2.80. The Kier molecular flexibility index (Phi) is 7.97. The van der Waals surface area contributed by atoms with E-state index in [-0.39, 0.29) is 12.2 Å². The van der Waals surface area contributed by atoms with Crippen LogP contribution in [0.1, 0.15) is 31.1 Å². The standard InChI is InChI=1S/C21H27N2O7P/c1-14(2)21(23,20(25)29-13-15-8-5-4-6-9-15)31(26,27)30-18(19(24)28-3)16-10-7-11-17(22)12-16/h4-12,14,18H,13,22-23H2,1-3H3,(H,26,27). The fraction of sp³-hybridized carbons (Fsp3) is 0.333. The van der Waals surface area contributed by atoms with Crippen LogP contribution >= 0.6 is 7.60 Å². The summed E-state index contributed by atoms with van der Waals surface area (Å²) in [7, 11) is -3.89. The van der Waals surface area contributed by atoms with Crippen molar-refractivity contribution in [3.05, 3.63) is 65.7 Å². The van der Waals surface area contributed by atoms with Crippen molar-refractivity contribution >= 4 is 25.2 Å². The van der Waals surface area contributed by atoms with E-state index in [4.69, 9.17) is 25.5 Å². The summed E-state index contributed by atoms with van der Waals surface area (Å²) in [5, 5.41) is -2.44. The molecule has 2 aromatic carbocycles. The summed E-state index contributed by atoms with van der Waals surface area (Å²) >= 11 is 0. The molecule has 0 aliphatic rings. The van der Waals surface area contributed by atoms with Crippen LogP contribution in [0.15, 0.2) is 54.6 Å². The molecule has 2 aromatic rings. The van der Waals surface area contributed by atoms with Gasteiger partial charge in [-0.2, -0.15) is 0 Å². The van der Waals surface area contributed by atoms with Crippen molar-refractivity contribution in [2.75, 3.05) is 12.8 Å². The van der Waals surface area contributed by atoms with E-state index >= 15 is 0 Å². The van der Waals surface area contributed by atoms with E-state index in [9.17, 15) is 19.0 Å². The number of hydrogen-bond donors (Lipinski definition) is 3. The molecule has 0 heterocycles. The molecule has 3 atom stereocenters. The molecule has 0 saturated carbocycles. The fourth-order valence-corrected chi connectivity index (χ4v) is 4.43. The highest BCUT2D eigenvalue weighted by Crippen LogP contribution is 2.59. The molecule has 0 aliphatic heterocycles. The summed E-state index contributed by atoms with van der Waals surface area (Å²) in [6, 6.07) is 14.7. The van der Waals surface area contributed by atoms with Crippen molar-refractivity contribution in [3.63, 3.8) is 0 Å². The summed E-state index contributed by atoms with van der Waals surface area (Å²) in [4.78, 5) is 35.9. The second-order valence-corrected chi connectivity index (χ2v) is 9.23. The molecule has 0 saturated heterocycles. The number of hydrogen-bond acceptors (Lipinski definition) is 8. The fourth-order valence-electron chi connectivity index (χ4n) is 2.82. The highest BCUT2D eigenvalue weighted by molar-refractivity contribution is 7.55. The van der Waals surface area contributed by atoms with E-state index in [1.165, 1.54) is 26.0 Å². The Balaban J connectivity index is 2.34. The smallest absolute Gasteiger partial charge is 0.360 e. The van der Waals surface area contributed by atoms with Crippen LogP contribution < -0.4 is 11.5 Å². The van der Waals surface area contributed by atoms with E-state index in [2.05, 4.69) is 0 Å². The third-order valence-electron chi connectivity index (χ3n) is 4.76.